The summed E-state index contributed by atoms with van der Waals surface area (Å²) in [5, 5.41) is 9.18. The van der Waals surface area contributed by atoms with Crippen LogP contribution >= 0.6 is 0 Å². The molecule has 1 aromatic rings. The first-order valence-corrected chi connectivity index (χ1v) is 8.47. The summed E-state index contributed by atoms with van der Waals surface area (Å²) in [6, 6.07) is 1.80. The molecule has 1 atom stereocenters. The molecule has 0 unspecified atom stereocenters. The second-order valence-corrected chi connectivity index (χ2v) is 7.45. The number of rotatable bonds is 7. The molecule has 0 radical (unpaired) electrons. The highest BCUT2D eigenvalue weighted by molar-refractivity contribution is 7.89. The molecule has 0 bridgehead atoms. The SMILES string of the molecule is COc1c(C)cc(S(=O)(=O)N[C@H](CC(C)C)C(=O)O)cc1C. The molecule has 0 heterocycles. The van der Waals surface area contributed by atoms with E-state index in [0.29, 0.717) is 16.9 Å². The van der Waals surface area contributed by atoms with Crippen molar-refractivity contribution < 1.29 is 23.1 Å². The number of ether oxygens (including phenoxy) is 1. The number of aryl methyl sites for hydroxylation is 2. The van der Waals surface area contributed by atoms with E-state index in [1.54, 1.807) is 13.8 Å². The quantitative estimate of drug-likeness (QED) is 0.799. The van der Waals surface area contributed by atoms with Gasteiger partial charge in [-0.2, -0.15) is 4.72 Å². The molecule has 1 aromatic carbocycles. The Morgan fingerprint density at radius 1 is 1.27 bits per heavy atom. The van der Waals surface area contributed by atoms with Crippen LogP contribution in [0.25, 0.3) is 0 Å². The van der Waals surface area contributed by atoms with Crippen LogP contribution in [0.1, 0.15) is 31.4 Å². The van der Waals surface area contributed by atoms with Crippen LogP contribution in [0.4, 0.5) is 0 Å². The van der Waals surface area contributed by atoms with Crippen molar-refractivity contribution in [3.05, 3.63) is 23.3 Å². The fraction of sp³-hybridized carbons (Fsp3) is 0.533. The molecular weight excluding hydrogens is 306 g/mol. The summed E-state index contributed by atoms with van der Waals surface area (Å²) in [5.41, 5.74) is 1.36. The van der Waals surface area contributed by atoms with Gasteiger partial charge in [0.15, 0.2) is 0 Å². The second kappa shape index (κ2) is 7.11. The number of carbonyl (C=O) groups is 1. The highest BCUT2D eigenvalue weighted by Crippen LogP contribution is 2.26. The monoisotopic (exact) mass is 329 g/mol. The van der Waals surface area contributed by atoms with Gasteiger partial charge >= 0.3 is 5.97 Å². The minimum atomic E-state index is -3.91. The highest BCUT2D eigenvalue weighted by Gasteiger charge is 2.26. The number of aliphatic carboxylic acids is 1. The standard InChI is InChI=1S/C15H23NO5S/c1-9(2)6-13(15(17)18)16-22(19,20)12-7-10(3)14(21-5)11(4)8-12/h7-9,13,16H,6H2,1-5H3,(H,17,18)/t13-/m1/s1. The van der Waals surface area contributed by atoms with E-state index in [0.717, 1.165) is 0 Å². The van der Waals surface area contributed by atoms with E-state index in [-0.39, 0.29) is 17.2 Å². The summed E-state index contributed by atoms with van der Waals surface area (Å²) in [6.45, 7) is 7.17. The lowest BCUT2D eigenvalue weighted by molar-refractivity contribution is -0.139. The third kappa shape index (κ3) is 4.45. The van der Waals surface area contributed by atoms with Gasteiger partial charge in [0.1, 0.15) is 11.8 Å². The average molecular weight is 329 g/mol. The maximum Gasteiger partial charge on any atom is 0.321 e. The Hall–Kier alpha value is -1.60. The molecular formula is C15H23NO5S. The van der Waals surface area contributed by atoms with Gasteiger partial charge in [0.25, 0.3) is 0 Å². The van der Waals surface area contributed by atoms with Crippen LogP contribution in [0.15, 0.2) is 17.0 Å². The van der Waals surface area contributed by atoms with Gasteiger partial charge in [-0.15, -0.1) is 0 Å². The Bertz CT molecular complexity index is 629. The minimum absolute atomic E-state index is 0.0401. The molecule has 0 fully saturated rings. The van der Waals surface area contributed by atoms with Gasteiger partial charge < -0.3 is 9.84 Å². The van der Waals surface area contributed by atoms with Crippen LogP contribution in [-0.2, 0) is 14.8 Å². The van der Waals surface area contributed by atoms with E-state index < -0.39 is 22.0 Å². The van der Waals surface area contributed by atoms with Crippen molar-refractivity contribution in [1.29, 1.82) is 0 Å². The molecule has 0 saturated carbocycles. The molecule has 0 aliphatic heterocycles. The molecule has 0 amide bonds. The average Bonchev–Trinajstić information content (AvgIpc) is 2.36. The summed E-state index contributed by atoms with van der Waals surface area (Å²) < 4.78 is 32.3. The Balaban J connectivity index is 3.16. The van der Waals surface area contributed by atoms with Crippen molar-refractivity contribution in [2.24, 2.45) is 5.92 Å². The molecule has 1 rings (SSSR count). The third-order valence-electron chi connectivity index (χ3n) is 3.25. The first-order valence-electron chi connectivity index (χ1n) is 6.98. The fourth-order valence-electron chi connectivity index (χ4n) is 2.31. The molecule has 0 aliphatic carbocycles. The number of benzene rings is 1. The number of methoxy groups -OCH3 is 1. The van der Waals surface area contributed by atoms with Gasteiger partial charge in [-0.3, -0.25) is 4.79 Å². The number of carboxylic acid groups (broad SMARTS) is 1. The van der Waals surface area contributed by atoms with E-state index >= 15 is 0 Å². The molecule has 2 N–H and O–H groups in total. The first kappa shape index (κ1) is 18.4. The molecule has 6 nitrogen and oxygen atoms in total. The molecule has 0 aliphatic rings. The van der Waals surface area contributed by atoms with Gasteiger partial charge in [0.05, 0.1) is 12.0 Å². The predicted molar refractivity (Wildman–Crippen MR) is 83.7 cm³/mol. The van der Waals surface area contributed by atoms with E-state index in [9.17, 15) is 18.3 Å². The zero-order chi connectivity index (χ0) is 17.1. The minimum Gasteiger partial charge on any atom is -0.496 e. The number of hydrogen-bond acceptors (Lipinski definition) is 4. The predicted octanol–water partition coefficient (Wildman–Crippen LogP) is 2.09. The van der Waals surface area contributed by atoms with E-state index in [4.69, 9.17) is 4.74 Å². The summed E-state index contributed by atoms with van der Waals surface area (Å²) in [4.78, 5) is 11.3. The Morgan fingerprint density at radius 3 is 2.14 bits per heavy atom. The number of sulfonamides is 1. The van der Waals surface area contributed by atoms with Crippen molar-refractivity contribution >= 4 is 16.0 Å². The third-order valence-corrected chi connectivity index (χ3v) is 4.70. The Kier molecular flexibility index (Phi) is 5.96. The molecule has 22 heavy (non-hydrogen) atoms. The van der Waals surface area contributed by atoms with Crippen molar-refractivity contribution in [3.8, 4) is 5.75 Å². The van der Waals surface area contributed by atoms with Crippen molar-refractivity contribution in [2.45, 2.75) is 45.1 Å². The zero-order valence-corrected chi connectivity index (χ0v) is 14.3. The van der Waals surface area contributed by atoms with Gasteiger partial charge in [-0.25, -0.2) is 8.42 Å². The Labute approximate surface area is 131 Å². The van der Waals surface area contributed by atoms with Crippen LogP contribution in [0.2, 0.25) is 0 Å². The lowest BCUT2D eigenvalue weighted by Gasteiger charge is -2.18. The highest BCUT2D eigenvalue weighted by atomic mass is 32.2. The van der Waals surface area contributed by atoms with Gasteiger partial charge in [-0.1, -0.05) is 13.8 Å². The topological polar surface area (TPSA) is 92.7 Å². The maximum absolute atomic E-state index is 12.4. The zero-order valence-electron chi connectivity index (χ0n) is 13.5. The summed E-state index contributed by atoms with van der Waals surface area (Å²) >= 11 is 0. The number of hydrogen-bond donors (Lipinski definition) is 2. The second-order valence-electron chi connectivity index (χ2n) is 5.73. The summed E-state index contributed by atoms with van der Waals surface area (Å²) in [5.74, 6) is -0.502. The normalized spacial score (nSPS) is 13.2. The van der Waals surface area contributed by atoms with E-state index in [1.165, 1.54) is 19.2 Å². The largest absolute Gasteiger partial charge is 0.496 e. The summed E-state index contributed by atoms with van der Waals surface area (Å²) in [6.07, 6.45) is 0.225. The molecule has 0 aromatic heterocycles. The lowest BCUT2D eigenvalue weighted by atomic mass is 10.1. The van der Waals surface area contributed by atoms with Gasteiger partial charge in [0, 0.05) is 0 Å². The molecule has 0 saturated heterocycles. The fourth-order valence-corrected chi connectivity index (χ4v) is 3.69. The number of carboxylic acids is 1. The van der Waals surface area contributed by atoms with Gasteiger partial charge in [0.2, 0.25) is 10.0 Å². The first-order chi connectivity index (χ1) is 10.1. The smallest absolute Gasteiger partial charge is 0.321 e. The van der Waals surface area contributed by atoms with E-state index in [1.807, 2.05) is 13.8 Å². The molecule has 0 spiro atoms. The van der Waals surface area contributed by atoms with Crippen molar-refractivity contribution in [3.63, 3.8) is 0 Å². The van der Waals surface area contributed by atoms with Crippen LogP contribution in [-0.4, -0.2) is 32.6 Å². The molecule has 124 valence electrons. The Morgan fingerprint density at radius 2 is 1.77 bits per heavy atom. The van der Waals surface area contributed by atoms with Crippen molar-refractivity contribution in [2.75, 3.05) is 7.11 Å². The summed E-state index contributed by atoms with van der Waals surface area (Å²) in [7, 11) is -2.39. The van der Waals surface area contributed by atoms with Crippen molar-refractivity contribution in [1.82, 2.24) is 4.72 Å². The van der Waals surface area contributed by atoms with Gasteiger partial charge in [-0.05, 0) is 49.4 Å². The van der Waals surface area contributed by atoms with Crippen LogP contribution in [0.3, 0.4) is 0 Å². The van der Waals surface area contributed by atoms with Crippen LogP contribution in [0, 0.1) is 19.8 Å². The number of nitrogens with one attached hydrogen (secondary N) is 1. The van der Waals surface area contributed by atoms with E-state index in [2.05, 4.69) is 4.72 Å². The maximum atomic E-state index is 12.4. The lowest BCUT2D eigenvalue weighted by Crippen LogP contribution is -2.41. The molecule has 7 heteroatoms. The van der Waals surface area contributed by atoms with Crippen LogP contribution < -0.4 is 9.46 Å². The van der Waals surface area contributed by atoms with Crippen LogP contribution in [0.5, 0.6) is 5.75 Å².